The van der Waals surface area contributed by atoms with Crippen molar-refractivity contribution in [1.82, 2.24) is 4.90 Å². The number of aliphatic hydroxyl groups excluding tert-OH is 1. The first-order chi connectivity index (χ1) is 8.08. The summed E-state index contributed by atoms with van der Waals surface area (Å²) in [7, 11) is 1.67. The molecule has 3 rings (SSSR count). The van der Waals surface area contributed by atoms with E-state index in [-0.39, 0.29) is 11.9 Å². The molecule has 0 saturated carbocycles. The number of fused-ring (bicyclic) bond motifs is 3. The fraction of sp³-hybridized carbons (Fsp3) is 0.308. The van der Waals surface area contributed by atoms with Crippen LogP contribution in [0, 0.1) is 6.92 Å². The molecule has 0 aliphatic carbocycles. The zero-order chi connectivity index (χ0) is 12.2. The molecule has 2 heterocycles. The number of anilines is 1. The molecule has 0 bridgehead atoms. The highest BCUT2D eigenvalue weighted by Crippen LogP contribution is 2.39. The molecule has 0 aromatic heterocycles. The van der Waals surface area contributed by atoms with E-state index in [1.807, 2.05) is 19.1 Å². The molecule has 0 fully saturated rings. The van der Waals surface area contributed by atoms with Crippen molar-refractivity contribution in [3.63, 3.8) is 0 Å². The van der Waals surface area contributed by atoms with Gasteiger partial charge in [-0.1, -0.05) is 11.6 Å². The maximum absolute atomic E-state index is 11.7. The van der Waals surface area contributed by atoms with Gasteiger partial charge in [-0.25, -0.2) is 0 Å². The van der Waals surface area contributed by atoms with Crippen LogP contribution in [0.4, 0.5) is 5.69 Å². The molecule has 4 heteroatoms. The van der Waals surface area contributed by atoms with Gasteiger partial charge in [0.05, 0.1) is 6.04 Å². The Labute approximate surface area is 99.6 Å². The minimum atomic E-state index is -1.01. The molecule has 2 N–H and O–H groups in total. The number of carbonyl (C=O) groups is 1. The average molecular weight is 230 g/mol. The Morgan fingerprint density at radius 3 is 2.94 bits per heavy atom. The van der Waals surface area contributed by atoms with Gasteiger partial charge < -0.3 is 15.3 Å². The van der Waals surface area contributed by atoms with E-state index in [0.717, 1.165) is 16.8 Å². The summed E-state index contributed by atoms with van der Waals surface area (Å²) in [6.45, 7) is 2.03. The predicted octanol–water partition coefficient (Wildman–Crippen LogP) is 0.963. The Morgan fingerprint density at radius 2 is 2.18 bits per heavy atom. The highest BCUT2D eigenvalue weighted by atomic mass is 16.3. The van der Waals surface area contributed by atoms with Crippen LogP contribution in [0.25, 0.3) is 5.57 Å². The number of likely N-dealkylation sites (N-methyl/N-ethyl adjacent to an activating group) is 1. The van der Waals surface area contributed by atoms with Gasteiger partial charge in [-0.15, -0.1) is 0 Å². The van der Waals surface area contributed by atoms with Gasteiger partial charge in [0, 0.05) is 30.1 Å². The van der Waals surface area contributed by atoms with Crippen molar-refractivity contribution in [3.05, 3.63) is 35.5 Å². The number of aliphatic hydroxyl groups is 1. The first-order valence-electron chi connectivity index (χ1n) is 5.62. The molecule has 17 heavy (non-hydrogen) atoms. The summed E-state index contributed by atoms with van der Waals surface area (Å²) in [6.07, 6.45) is 0.797. The number of amides is 1. The highest BCUT2D eigenvalue weighted by molar-refractivity contribution is 5.97. The number of carbonyl (C=O) groups excluding carboxylic acids is 1. The number of nitrogens with zero attached hydrogens (tertiary/aromatic N) is 1. The Kier molecular flexibility index (Phi) is 2.03. The molecule has 88 valence electrons. The van der Waals surface area contributed by atoms with Crippen molar-refractivity contribution in [1.29, 1.82) is 0 Å². The lowest BCUT2D eigenvalue weighted by Gasteiger charge is -2.29. The summed E-state index contributed by atoms with van der Waals surface area (Å²) in [5.74, 6) is -0.268. The Bertz CT molecular complexity index is 536. The smallest absolute Gasteiger partial charge is 0.257 e. The second-order valence-electron chi connectivity index (χ2n) is 4.65. The summed E-state index contributed by atoms with van der Waals surface area (Å²) in [5, 5.41) is 13.2. The van der Waals surface area contributed by atoms with Gasteiger partial charge >= 0.3 is 0 Å². The molecule has 4 nitrogen and oxygen atoms in total. The third-order valence-corrected chi connectivity index (χ3v) is 3.38. The van der Waals surface area contributed by atoms with Crippen LogP contribution in [0.2, 0.25) is 0 Å². The number of rotatable bonds is 0. The van der Waals surface area contributed by atoms with Crippen LogP contribution >= 0.6 is 0 Å². The summed E-state index contributed by atoms with van der Waals surface area (Å²) in [6, 6.07) is 5.77. The summed E-state index contributed by atoms with van der Waals surface area (Å²) >= 11 is 0. The minimum Gasteiger partial charge on any atom is -0.381 e. The van der Waals surface area contributed by atoms with Gasteiger partial charge in [-0.2, -0.15) is 0 Å². The second kappa shape index (κ2) is 3.34. The van der Waals surface area contributed by atoms with Crippen LogP contribution in [0.5, 0.6) is 0 Å². The predicted molar refractivity (Wildman–Crippen MR) is 65.3 cm³/mol. The quantitative estimate of drug-likeness (QED) is 0.698. The van der Waals surface area contributed by atoms with Gasteiger partial charge in [-0.3, -0.25) is 4.79 Å². The topological polar surface area (TPSA) is 52.6 Å². The van der Waals surface area contributed by atoms with Gasteiger partial charge in [0.1, 0.15) is 0 Å². The molecule has 2 aliphatic heterocycles. The van der Waals surface area contributed by atoms with E-state index in [1.54, 1.807) is 13.2 Å². The summed E-state index contributed by atoms with van der Waals surface area (Å²) in [4.78, 5) is 13.1. The first-order valence-corrected chi connectivity index (χ1v) is 5.62. The van der Waals surface area contributed by atoms with E-state index in [1.165, 1.54) is 10.5 Å². The Hall–Kier alpha value is -1.81. The molecule has 2 aliphatic rings. The zero-order valence-electron chi connectivity index (χ0n) is 9.77. The average Bonchev–Trinajstić information content (AvgIpc) is 2.65. The Balaban J connectivity index is 2.14. The van der Waals surface area contributed by atoms with E-state index in [4.69, 9.17) is 0 Å². The molecular formula is C13H14N2O2. The van der Waals surface area contributed by atoms with Crippen molar-refractivity contribution < 1.29 is 9.90 Å². The van der Waals surface area contributed by atoms with Crippen molar-refractivity contribution in [2.24, 2.45) is 0 Å². The van der Waals surface area contributed by atoms with Crippen molar-refractivity contribution in [2.75, 3.05) is 12.4 Å². The van der Waals surface area contributed by atoms with Crippen LogP contribution in [0.3, 0.4) is 0 Å². The lowest BCUT2D eigenvalue weighted by molar-refractivity contribution is -0.137. The number of hydrogen-bond donors (Lipinski definition) is 2. The highest BCUT2D eigenvalue weighted by Gasteiger charge is 2.40. The molecule has 1 aromatic rings. The summed E-state index contributed by atoms with van der Waals surface area (Å²) in [5.41, 5.74) is 4.21. The van der Waals surface area contributed by atoms with E-state index in [0.29, 0.717) is 0 Å². The van der Waals surface area contributed by atoms with Crippen LogP contribution in [-0.4, -0.2) is 35.1 Å². The standard InChI is InChI=1S/C13H14N2O2/c1-7-3-4-10-8(5-7)9-6-15(2)13(17)12(16)11(9)14-10/h3-6,11-12,14,16H,1-2H3. The number of nitrogens with one attached hydrogen (secondary N) is 1. The number of aryl methyl sites for hydroxylation is 1. The van der Waals surface area contributed by atoms with E-state index in [9.17, 15) is 9.90 Å². The zero-order valence-corrected chi connectivity index (χ0v) is 9.77. The van der Waals surface area contributed by atoms with Crippen molar-refractivity contribution >= 4 is 17.2 Å². The molecule has 2 atom stereocenters. The maximum Gasteiger partial charge on any atom is 0.257 e. The Morgan fingerprint density at radius 1 is 1.41 bits per heavy atom. The fourth-order valence-electron chi connectivity index (χ4n) is 2.46. The third kappa shape index (κ3) is 1.37. The van der Waals surface area contributed by atoms with E-state index >= 15 is 0 Å². The number of hydrogen-bond acceptors (Lipinski definition) is 3. The second-order valence-corrected chi connectivity index (χ2v) is 4.65. The normalized spacial score (nSPS) is 26.2. The fourth-order valence-corrected chi connectivity index (χ4v) is 2.46. The summed E-state index contributed by atoms with van der Waals surface area (Å²) < 4.78 is 0. The van der Waals surface area contributed by atoms with Crippen LogP contribution in [0.15, 0.2) is 24.4 Å². The van der Waals surface area contributed by atoms with Crippen molar-refractivity contribution in [3.8, 4) is 0 Å². The monoisotopic (exact) mass is 230 g/mol. The lowest BCUT2D eigenvalue weighted by Crippen LogP contribution is -2.47. The minimum absolute atomic E-state index is 0.268. The van der Waals surface area contributed by atoms with Crippen LogP contribution in [-0.2, 0) is 4.79 Å². The SMILES string of the molecule is Cc1ccc2c(c1)C1=CN(C)C(=O)C(O)C1N2. The maximum atomic E-state index is 11.7. The molecule has 1 amide bonds. The molecule has 0 spiro atoms. The number of benzene rings is 1. The van der Waals surface area contributed by atoms with E-state index < -0.39 is 6.10 Å². The van der Waals surface area contributed by atoms with Gasteiger partial charge in [0.15, 0.2) is 6.10 Å². The molecule has 0 radical (unpaired) electrons. The van der Waals surface area contributed by atoms with Gasteiger partial charge in [0.25, 0.3) is 5.91 Å². The van der Waals surface area contributed by atoms with Crippen LogP contribution < -0.4 is 5.32 Å². The van der Waals surface area contributed by atoms with Gasteiger partial charge in [0.2, 0.25) is 0 Å². The molecule has 2 unspecified atom stereocenters. The molecular weight excluding hydrogens is 216 g/mol. The lowest BCUT2D eigenvalue weighted by atomic mass is 9.95. The van der Waals surface area contributed by atoms with Crippen LogP contribution in [0.1, 0.15) is 11.1 Å². The van der Waals surface area contributed by atoms with Crippen molar-refractivity contribution in [2.45, 2.75) is 19.1 Å². The third-order valence-electron chi connectivity index (χ3n) is 3.38. The van der Waals surface area contributed by atoms with E-state index in [2.05, 4.69) is 11.4 Å². The molecule has 1 aromatic carbocycles. The largest absolute Gasteiger partial charge is 0.381 e. The first kappa shape index (κ1) is 10.4. The molecule has 0 saturated heterocycles. The van der Waals surface area contributed by atoms with Gasteiger partial charge in [-0.05, 0) is 19.1 Å².